The molecule has 0 aliphatic heterocycles. The number of amides is 1. The van der Waals surface area contributed by atoms with E-state index in [0.29, 0.717) is 21.7 Å². The van der Waals surface area contributed by atoms with Gasteiger partial charge in [0.25, 0.3) is 0 Å². The standard InChI is InChI=1S/C13H18ClF3N4OS.HI/c1-18-12(20(2)7-9-4-5-10(14)23-9)19-6-11(22)21(3)8-13(15,16)17;/h4-5H,6-8H2,1-3H3,(H,18,19);1H. The number of halogens is 5. The minimum Gasteiger partial charge on any atom is -0.347 e. The molecule has 1 amide bonds. The third-order valence-electron chi connectivity index (χ3n) is 2.84. The molecule has 0 aromatic carbocycles. The fraction of sp³-hybridized carbons (Fsp3) is 0.538. The molecule has 0 unspecified atom stereocenters. The fourth-order valence-electron chi connectivity index (χ4n) is 1.78. The van der Waals surface area contributed by atoms with Crippen molar-refractivity contribution < 1.29 is 18.0 Å². The first-order valence-electron chi connectivity index (χ1n) is 6.59. The van der Waals surface area contributed by atoms with E-state index in [1.54, 1.807) is 18.0 Å². The summed E-state index contributed by atoms with van der Waals surface area (Å²) in [6, 6.07) is 3.65. The Morgan fingerprint density at radius 2 is 1.96 bits per heavy atom. The van der Waals surface area contributed by atoms with E-state index >= 15 is 0 Å². The highest BCUT2D eigenvalue weighted by atomic mass is 127. The van der Waals surface area contributed by atoms with Gasteiger partial charge in [-0.25, -0.2) is 0 Å². The number of carbonyl (C=O) groups excluding carboxylic acids is 1. The van der Waals surface area contributed by atoms with Crippen LogP contribution in [0.4, 0.5) is 13.2 Å². The Morgan fingerprint density at radius 1 is 1.33 bits per heavy atom. The van der Waals surface area contributed by atoms with Crippen molar-refractivity contribution in [1.82, 2.24) is 15.1 Å². The highest BCUT2D eigenvalue weighted by molar-refractivity contribution is 14.0. The van der Waals surface area contributed by atoms with Crippen LogP contribution in [0.25, 0.3) is 0 Å². The fourth-order valence-corrected chi connectivity index (χ4v) is 2.92. The normalized spacial score (nSPS) is 11.7. The van der Waals surface area contributed by atoms with Gasteiger partial charge in [0, 0.05) is 26.0 Å². The summed E-state index contributed by atoms with van der Waals surface area (Å²) in [5.41, 5.74) is 0. The zero-order valence-corrected chi connectivity index (χ0v) is 17.3. The second-order valence-electron chi connectivity index (χ2n) is 4.83. The average molecular weight is 499 g/mol. The van der Waals surface area contributed by atoms with Crippen LogP contribution in [0.15, 0.2) is 17.1 Å². The molecule has 0 saturated carbocycles. The predicted octanol–water partition coefficient (Wildman–Crippen LogP) is 3.05. The molecule has 5 nitrogen and oxygen atoms in total. The molecule has 24 heavy (non-hydrogen) atoms. The average Bonchev–Trinajstić information content (AvgIpc) is 2.82. The molecular formula is C13H19ClF3IN4OS. The zero-order valence-electron chi connectivity index (χ0n) is 13.4. The van der Waals surface area contributed by atoms with Gasteiger partial charge in [0.2, 0.25) is 5.91 Å². The molecule has 0 saturated heterocycles. The highest BCUT2D eigenvalue weighted by Crippen LogP contribution is 2.22. The first kappa shape index (κ1) is 23.2. The molecule has 11 heteroatoms. The van der Waals surface area contributed by atoms with Gasteiger partial charge in [0.1, 0.15) is 6.54 Å². The molecule has 0 bridgehead atoms. The third kappa shape index (κ3) is 8.38. The number of alkyl halides is 3. The van der Waals surface area contributed by atoms with E-state index in [4.69, 9.17) is 11.6 Å². The Bertz CT molecular complexity index is 568. The van der Waals surface area contributed by atoms with Crippen LogP contribution >= 0.6 is 46.9 Å². The van der Waals surface area contributed by atoms with Crippen molar-refractivity contribution in [3.63, 3.8) is 0 Å². The Labute approximate surface area is 164 Å². The van der Waals surface area contributed by atoms with Gasteiger partial charge in [0.05, 0.1) is 17.4 Å². The zero-order chi connectivity index (χ0) is 17.6. The largest absolute Gasteiger partial charge is 0.406 e. The molecule has 0 fully saturated rings. The Hall–Kier alpha value is -0.750. The van der Waals surface area contributed by atoms with Gasteiger partial charge >= 0.3 is 6.18 Å². The molecule has 1 N–H and O–H groups in total. The molecule has 0 aliphatic rings. The predicted molar refractivity (Wildman–Crippen MR) is 101 cm³/mol. The van der Waals surface area contributed by atoms with E-state index in [1.165, 1.54) is 18.4 Å². The van der Waals surface area contributed by atoms with Gasteiger partial charge in [-0.1, -0.05) is 11.6 Å². The monoisotopic (exact) mass is 498 g/mol. The number of rotatable bonds is 5. The van der Waals surface area contributed by atoms with E-state index in [1.807, 2.05) is 6.07 Å². The lowest BCUT2D eigenvalue weighted by atomic mass is 10.4. The van der Waals surface area contributed by atoms with Gasteiger partial charge in [-0.2, -0.15) is 13.2 Å². The third-order valence-corrected chi connectivity index (χ3v) is 4.05. The van der Waals surface area contributed by atoms with Crippen LogP contribution in [0.5, 0.6) is 0 Å². The summed E-state index contributed by atoms with van der Waals surface area (Å²) in [4.78, 5) is 19.1. The van der Waals surface area contributed by atoms with E-state index in [2.05, 4.69) is 10.3 Å². The van der Waals surface area contributed by atoms with Crippen molar-refractivity contribution in [2.24, 2.45) is 4.99 Å². The minimum atomic E-state index is -4.42. The van der Waals surface area contributed by atoms with Gasteiger partial charge < -0.3 is 15.1 Å². The molecule has 1 rings (SSSR count). The lowest BCUT2D eigenvalue weighted by Gasteiger charge is -2.23. The summed E-state index contributed by atoms with van der Waals surface area (Å²) in [7, 11) is 4.40. The maximum atomic E-state index is 12.2. The Kier molecular flexibility index (Phi) is 9.97. The summed E-state index contributed by atoms with van der Waals surface area (Å²) >= 11 is 7.28. The number of likely N-dealkylation sites (N-methyl/N-ethyl adjacent to an activating group) is 1. The van der Waals surface area contributed by atoms with Crippen LogP contribution < -0.4 is 5.32 Å². The first-order valence-corrected chi connectivity index (χ1v) is 7.78. The number of aliphatic imine (C=N–C) groups is 1. The molecule has 138 valence electrons. The molecule has 1 aromatic heterocycles. The van der Waals surface area contributed by atoms with E-state index in [0.717, 1.165) is 11.9 Å². The minimum absolute atomic E-state index is 0. The van der Waals surface area contributed by atoms with E-state index in [-0.39, 0.29) is 30.5 Å². The Morgan fingerprint density at radius 3 is 2.42 bits per heavy atom. The molecule has 1 heterocycles. The smallest absolute Gasteiger partial charge is 0.347 e. The van der Waals surface area contributed by atoms with Gasteiger partial charge in [-0.15, -0.1) is 35.3 Å². The molecule has 0 aliphatic carbocycles. The molecular weight excluding hydrogens is 480 g/mol. The molecule has 0 spiro atoms. The summed E-state index contributed by atoms with van der Waals surface area (Å²) < 4.78 is 37.4. The highest BCUT2D eigenvalue weighted by Gasteiger charge is 2.31. The summed E-state index contributed by atoms with van der Waals surface area (Å²) in [6.45, 7) is -1.03. The maximum absolute atomic E-state index is 12.2. The first-order chi connectivity index (χ1) is 10.6. The van der Waals surface area contributed by atoms with Crippen molar-refractivity contribution in [1.29, 1.82) is 0 Å². The number of nitrogens with one attached hydrogen (secondary N) is 1. The molecule has 0 radical (unpaired) electrons. The summed E-state index contributed by atoms with van der Waals surface area (Å²) in [6.07, 6.45) is -4.42. The number of nitrogens with zero attached hydrogens (tertiary/aromatic N) is 3. The summed E-state index contributed by atoms with van der Waals surface area (Å²) in [5, 5.41) is 2.75. The molecule has 0 atom stereocenters. The van der Waals surface area contributed by atoms with Crippen LogP contribution in [0.2, 0.25) is 4.34 Å². The van der Waals surface area contributed by atoms with Gasteiger partial charge in [0.15, 0.2) is 5.96 Å². The second-order valence-corrected chi connectivity index (χ2v) is 6.63. The number of hydrogen-bond acceptors (Lipinski definition) is 3. The van der Waals surface area contributed by atoms with Crippen LogP contribution in [0.1, 0.15) is 4.88 Å². The number of guanidine groups is 1. The lowest BCUT2D eigenvalue weighted by molar-refractivity contribution is -0.157. The van der Waals surface area contributed by atoms with Gasteiger partial charge in [-0.05, 0) is 12.1 Å². The van der Waals surface area contributed by atoms with Crippen molar-refractivity contribution >= 4 is 58.8 Å². The van der Waals surface area contributed by atoms with E-state index in [9.17, 15) is 18.0 Å². The van der Waals surface area contributed by atoms with Crippen molar-refractivity contribution in [3.05, 3.63) is 21.3 Å². The van der Waals surface area contributed by atoms with Crippen LogP contribution in [0, 0.1) is 0 Å². The van der Waals surface area contributed by atoms with Crippen molar-refractivity contribution in [2.45, 2.75) is 12.7 Å². The number of thiophene rings is 1. The van der Waals surface area contributed by atoms with Gasteiger partial charge in [-0.3, -0.25) is 9.79 Å². The van der Waals surface area contributed by atoms with E-state index < -0.39 is 18.6 Å². The SMILES string of the molecule is CN=C(NCC(=O)N(C)CC(F)(F)F)N(C)Cc1ccc(Cl)s1.I. The number of carbonyl (C=O) groups is 1. The molecule has 1 aromatic rings. The van der Waals surface area contributed by atoms with Crippen molar-refractivity contribution in [2.75, 3.05) is 34.2 Å². The quantitative estimate of drug-likeness (QED) is 0.386. The number of hydrogen-bond donors (Lipinski definition) is 1. The lowest BCUT2D eigenvalue weighted by Crippen LogP contribution is -2.45. The summed E-state index contributed by atoms with van der Waals surface area (Å²) in [5.74, 6) is -0.265. The Balaban J connectivity index is 0.00000529. The van der Waals surface area contributed by atoms with Crippen LogP contribution in [-0.4, -0.2) is 62.1 Å². The van der Waals surface area contributed by atoms with Crippen LogP contribution in [-0.2, 0) is 11.3 Å². The van der Waals surface area contributed by atoms with Crippen molar-refractivity contribution in [3.8, 4) is 0 Å². The topological polar surface area (TPSA) is 47.9 Å². The second kappa shape index (κ2) is 10.3. The maximum Gasteiger partial charge on any atom is 0.406 e. The van der Waals surface area contributed by atoms with Crippen LogP contribution in [0.3, 0.4) is 0 Å².